The van der Waals surface area contributed by atoms with Crippen molar-refractivity contribution < 1.29 is 13.9 Å². The van der Waals surface area contributed by atoms with E-state index in [1.54, 1.807) is 6.20 Å². The SMILES string of the molecule is Nc1c(-c2nnc(SCC(=O)Nc3ccc(F)cc3)n2C[C@H]2CCCO2)sc2ncccc12. The monoisotopic (exact) mass is 484 g/mol. The molecule has 4 aromatic rings. The number of carbonyl (C=O) groups is 1. The van der Waals surface area contributed by atoms with Crippen LogP contribution in [0, 0.1) is 5.82 Å². The summed E-state index contributed by atoms with van der Waals surface area (Å²) in [5, 5.41) is 13.0. The van der Waals surface area contributed by atoms with Crippen molar-refractivity contribution >= 4 is 50.6 Å². The number of ether oxygens (including phenoxy) is 1. The number of halogens is 1. The number of nitrogen functional groups attached to an aromatic ring is 1. The lowest BCUT2D eigenvalue weighted by atomic mass is 10.2. The third-order valence-corrected chi connectivity index (χ3v) is 7.39. The molecule has 5 rings (SSSR count). The summed E-state index contributed by atoms with van der Waals surface area (Å²) in [5.74, 6) is 0.204. The Labute approximate surface area is 197 Å². The highest BCUT2D eigenvalue weighted by Gasteiger charge is 2.25. The molecule has 1 saturated heterocycles. The molecule has 0 bridgehead atoms. The molecule has 4 heterocycles. The molecule has 0 spiro atoms. The Morgan fingerprint density at radius 3 is 2.91 bits per heavy atom. The maximum absolute atomic E-state index is 13.1. The van der Waals surface area contributed by atoms with Gasteiger partial charge in [0, 0.05) is 23.9 Å². The number of nitrogens with one attached hydrogen (secondary N) is 1. The van der Waals surface area contributed by atoms with E-state index in [4.69, 9.17) is 10.5 Å². The fourth-order valence-electron chi connectivity index (χ4n) is 3.70. The second kappa shape index (κ2) is 9.46. The molecule has 0 unspecified atom stereocenters. The highest BCUT2D eigenvalue weighted by molar-refractivity contribution is 7.99. The first-order chi connectivity index (χ1) is 16.1. The first-order valence-corrected chi connectivity index (χ1v) is 12.2. The maximum atomic E-state index is 13.1. The molecule has 3 N–H and O–H groups in total. The van der Waals surface area contributed by atoms with Gasteiger partial charge >= 0.3 is 0 Å². The number of pyridine rings is 1. The number of fused-ring (bicyclic) bond motifs is 1. The normalized spacial score (nSPS) is 15.8. The standard InChI is InChI=1S/C22H21FN6O2S2/c23-13-5-7-14(8-6-13)26-17(30)12-32-22-28-27-20(29(22)11-15-3-2-10-31-15)19-18(24)16-4-1-9-25-21(16)33-19/h1,4-9,15H,2-3,10-12,24H2,(H,26,30)/t15-/m1/s1. The molecule has 1 aliphatic heterocycles. The lowest BCUT2D eigenvalue weighted by molar-refractivity contribution is -0.113. The number of aromatic nitrogens is 4. The Morgan fingerprint density at radius 2 is 2.15 bits per heavy atom. The second-order valence-electron chi connectivity index (χ2n) is 7.60. The summed E-state index contributed by atoms with van der Waals surface area (Å²) < 4.78 is 20.9. The van der Waals surface area contributed by atoms with Gasteiger partial charge in [-0.25, -0.2) is 9.37 Å². The number of nitrogens with two attached hydrogens (primary N) is 1. The Bertz CT molecular complexity index is 1280. The fourth-order valence-corrected chi connectivity index (χ4v) is 5.50. The highest BCUT2D eigenvalue weighted by Crippen LogP contribution is 2.40. The highest BCUT2D eigenvalue weighted by atomic mass is 32.2. The summed E-state index contributed by atoms with van der Waals surface area (Å²) in [5.41, 5.74) is 7.59. The van der Waals surface area contributed by atoms with Crippen LogP contribution < -0.4 is 11.1 Å². The third kappa shape index (κ3) is 4.70. The molecule has 170 valence electrons. The van der Waals surface area contributed by atoms with Gasteiger partial charge in [0.1, 0.15) is 10.6 Å². The molecular formula is C22H21FN6O2S2. The van der Waals surface area contributed by atoms with E-state index >= 15 is 0 Å². The first-order valence-electron chi connectivity index (χ1n) is 10.4. The molecule has 0 saturated carbocycles. The number of amides is 1. The summed E-state index contributed by atoms with van der Waals surface area (Å²) in [4.78, 5) is 18.5. The quantitative estimate of drug-likeness (QED) is 0.379. The molecule has 1 aromatic carbocycles. The zero-order valence-electron chi connectivity index (χ0n) is 17.5. The van der Waals surface area contributed by atoms with E-state index < -0.39 is 0 Å². The van der Waals surface area contributed by atoms with Gasteiger partial charge < -0.3 is 15.8 Å². The van der Waals surface area contributed by atoms with Gasteiger partial charge in [-0.15, -0.1) is 21.5 Å². The van der Waals surface area contributed by atoms with E-state index in [-0.39, 0.29) is 23.6 Å². The largest absolute Gasteiger partial charge is 0.397 e. The van der Waals surface area contributed by atoms with Crippen molar-refractivity contribution in [3.05, 3.63) is 48.4 Å². The van der Waals surface area contributed by atoms with E-state index in [1.165, 1.54) is 47.4 Å². The van der Waals surface area contributed by atoms with Gasteiger partial charge in [-0.05, 0) is 49.2 Å². The van der Waals surface area contributed by atoms with Crippen LogP contribution in [0.1, 0.15) is 12.8 Å². The maximum Gasteiger partial charge on any atom is 0.234 e. The minimum atomic E-state index is -0.354. The van der Waals surface area contributed by atoms with Crippen molar-refractivity contribution in [2.75, 3.05) is 23.4 Å². The van der Waals surface area contributed by atoms with Crippen LogP contribution in [-0.2, 0) is 16.1 Å². The minimum Gasteiger partial charge on any atom is -0.397 e. The van der Waals surface area contributed by atoms with E-state index in [1.807, 2.05) is 16.7 Å². The lowest BCUT2D eigenvalue weighted by Crippen LogP contribution is -2.18. The molecule has 33 heavy (non-hydrogen) atoms. The number of thiophene rings is 1. The van der Waals surface area contributed by atoms with E-state index in [9.17, 15) is 9.18 Å². The van der Waals surface area contributed by atoms with Crippen LogP contribution in [0.25, 0.3) is 20.9 Å². The smallest absolute Gasteiger partial charge is 0.234 e. The minimum absolute atomic E-state index is 0.0564. The lowest BCUT2D eigenvalue weighted by Gasteiger charge is -2.14. The summed E-state index contributed by atoms with van der Waals surface area (Å²) in [6.07, 6.45) is 3.76. The van der Waals surface area contributed by atoms with Gasteiger partial charge in [-0.3, -0.25) is 9.36 Å². The second-order valence-corrected chi connectivity index (χ2v) is 9.54. The summed E-state index contributed by atoms with van der Waals surface area (Å²) in [6, 6.07) is 9.44. The van der Waals surface area contributed by atoms with Gasteiger partial charge in [-0.2, -0.15) is 0 Å². The number of nitrogens with zero attached hydrogens (tertiary/aromatic N) is 4. The molecule has 0 radical (unpaired) electrons. The Hall–Kier alpha value is -3.02. The molecule has 1 aliphatic rings. The Balaban J connectivity index is 1.39. The molecule has 3 aromatic heterocycles. The zero-order chi connectivity index (χ0) is 22.8. The Morgan fingerprint density at radius 1 is 1.30 bits per heavy atom. The fraction of sp³-hybridized carbons (Fsp3) is 0.273. The van der Waals surface area contributed by atoms with Crippen LogP contribution in [-0.4, -0.2) is 44.1 Å². The molecular weight excluding hydrogens is 463 g/mol. The number of hydrogen-bond donors (Lipinski definition) is 2. The third-order valence-electron chi connectivity index (χ3n) is 5.30. The van der Waals surface area contributed by atoms with Crippen LogP contribution >= 0.6 is 23.1 Å². The van der Waals surface area contributed by atoms with Crippen molar-refractivity contribution in [1.29, 1.82) is 0 Å². The zero-order valence-corrected chi connectivity index (χ0v) is 19.2. The van der Waals surface area contributed by atoms with Crippen LogP contribution in [0.4, 0.5) is 15.8 Å². The molecule has 0 aliphatic carbocycles. The predicted molar refractivity (Wildman–Crippen MR) is 128 cm³/mol. The van der Waals surface area contributed by atoms with Gasteiger partial charge in [0.2, 0.25) is 5.91 Å². The van der Waals surface area contributed by atoms with Crippen molar-refractivity contribution in [3.63, 3.8) is 0 Å². The average molecular weight is 485 g/mol. The number of hydrogen-bond acceptors (Lipinski definition) is 8. The topological polar surface area (TPSA) is 108 Å². The van der Waals surface area contributed by atoms with Crippen molar-refractivity contribution in [2.24, 2.45) is 0 Å². The first kappa shape index (κ1) is 21.8. The molecule has 1 amide bonds. The summed E-state index contributed by atoms with van der Waals surface area (Å²) >= 11 is 2.76. The van der Waals surface area contributed by atoms with Crippen LogP contribution in [0.2, 0.25) is 0 Å². The predicted octanol–water partition coefficient (Wildman–Crippen LogP) is 4.19. The molecule has 1 fully saturated rings. The van der Waals surface area contributed by atoms with Gasteiger partial charge in [0.15, 0.2) is 11.0 Å². The van der Waals surface area contributed by atoms with Crippen LogP contribution in [0.15, 0.2) is 47.8 Å². The molecule has 1 atom stereocenters. The molecule has 11 heteroatoms. The summed E-state index contributed by atoms with van der Waals surface area (Å²) in [7, 11) is 0. The molecule has 8 nitrogen and oxygen atoms in total. The van der Waals surface area contributed by atoms with E-state index in [0.717, 1.165) is 34.5 Å². The average Bonchev–Trinajstić information content (AvgIpc) is 3.55. The van der Waals surface area contributed by atoms with Gasteiger partial charge in [0.05, 0.1) is 29.0 Å². The Kier molecular flexibility index (Phi) is 6.25. The van der Waals surface area contributed by atoms with E-state index in [2.05, 4.69) is 20.5 Å². The van der Waals surface area contributed by atoms with Crippen molar-refractivity contribution in [2.45, 2.75) is 30.6 Å². The van der Waals surface area contributed by atoms with Gasteiger partial charge in [-0.1, -0.05) is 11.8 Å². The van der Waals surface area contributed by atoms with Crippen LogP contribution in [0.3, 0.4) is 0 Å². The number of benzene rings is 1. The summed E-state index contributed by atoms with van der Waals surface area (Å²) in [6.45, 7) is 1.31. The van der Waals surface area contributed by atoms with Gasteiger partial charge in [0.25, 0.3) is 0 Å². The number of carbonyl (C=O) groups excluding carboxylic acids is 1. The van der Waals surface area contributed by atoms with Crippen molar-refractivity contribution in [3.8, 4) is 10.7 Å². The number of anilines is 2. The van der Waals surface area contributed by atoms with Crippen LogP contribution in [0.5, 0.6) is 0 Å². The number of thioether (sulfide) groups is 1. The van der Waals surface area contributed by atoms with Crippen molar-refractivity contribution in [1.82, 2.24) is 19.7 Å². The van der Waals surface area contributed by atoms with E-state index in [0.29, 0.717) is 28.9 Å². The number of rotatable bonds is 7.